The molecule has 0 unspecified atom stereocenters. The van der Waals surface area contributed by atoms with Crippen LogP contribution in [0.4, 0.5) is 0 Å². The molecule has 6 heteroatoms. The lowest BCUT2D eigenvalue weighted by Crippen LogP contribution is -2.07. The van der Waals surface area contributed by atoms with Gasteiger partial charge < -0.3 is 14.3 Å². The average molecular weight is 276 g/mol. The Labute approximate surface area is 113 Å². The first-order chi connectivity index (χ1) is 9.36. The largest absolute Gasteiger partial charge is 0.481 e. The summed E-state index contributed by atoms with van der Waals surface area (Å²) in [4.78, 5) is 33.3. The molecule has 20 heavy (non-hydrogen) atoms. The second-order valence-corrected chi connectivity index (χ2v) is 4.38. The van der Waals surface area contributed by atoms with Gasteiger partial charge in [0.05, 0.1) is 11.8 Å². The van der Waals surface area contributed by atoms with Crippen LogP contribution in [0.3, 0.4) is 0 Å². The molecule has 0 aliphatic rings. The van der Waals surface area contributed by atoms with Gasteiger partial charge in [0.25, 0.3) is 0 Å². The predicted molar refractivity (Wildman–Crippen MR) is 69.9 cm³/mol. The van der Waals surface area contributed by atoms with Crippen molar-refractivity contribution >= 4 is 22.9 Å². The van der Waals surface area contributed by atoms with Crippen LogP contribution in [0.25, 0.3) is 11.0 Å². The van der Waals surface area contributed by atoms with Crippen molar-refractivity contribution < 1.29 is 23.8 Å². The van der Waals surface area contributed by atoms with Crippen molar-refractivity contribution in [3.63, 3.8) is 0 Å². The molecule has 0 fully saturated rings. The van der Waals surface area contributed by atoms with Crippen molar-refractivity contribution in [1.82, 2.24) is 0 Å². The van der Waals surface area contributed by atoms with Gasteiger partial charge in [0.15, 0.2) is 0 Å². The molecule has 0 spiro atoms. The zero-order valence-corrected chi connectivity index (χ0v) is 10.9. The van der Waals surface area contributed by atoms with Gasteiger partial charge in [-0.15, -0.1) is 0 Å². The summed E-state index contributed by atoms with van der Waals surface area (Å²) >= 11 is 0. The number of carbonyl (C=O) groups is 2. The predicted octanol–water partition coefficient (Wildman–Crippen LogP) is 1.65. The molecule has 2 aromatic rings. The summed E-state index contributed by atoms with van der Waals surface area (Å²) in [5.74, 6) is -1.38. The Morgan fingerprint density at radius 2 is 2.00 bits per heavy atom. The summed E-state index contributed by atoms with van der Waals surface area (Å²) < 4.78 is 10.1. The summed E-state index contributed by atoms with van der Waals surface area (Å²) in [5, 5.41) is 9.30. The number of fused-ring (bicyclic) bond motifs is 1. The van der Waals surface area contributed by atoms with Gasteiger partial charge in [0.1, 0.15) is 11.3 Å². The van der Waals surface area contributed by atoms with Crippen molar-refractivity contribution in [3.05, 3.63) is 39.7 Å². The number of benzene rings is 1. The third-order valence-corrected chi connectivity index (χ3v) is 2.67. The number of aliphatic carboxylic acids is 1. The number of rotatable bonds is 3. The van der Waals surface area contributed by atoms with E-state index in [1.807, 2.05) is 0 Å². The first kappa shape index (κ1) is 13.8. The number of carbonyl (C=O) groups excluding carboxylic acids is 1. The van der Waals surface area contributed by atoms with E-state index < -0.39 is 17.6 Å². The Hall–Kier alpha value is -2.63. The fraction of sp³-hybridized carbons (Fsp3) is 0.214. The molecule has 1 aromatic heterocycles. The van der Waals surface area contributed by atoms with Crippen LogP contribution in [0.2, 0.25) is 0 Å². The highest BCUT2D eigenvalue weighted by atomic mass is 16.5. The Morgan fingerprint density at radius 1 is 1.30 bits per heavy atom. The SMILES string of the molecule is CC(=O)Oc1cc(CC(=O)O)cc2oc(=O)cc(C)c12. The summed E-state index contributed by atoms with van der Waals surface area (Å²) in [6, 6.07) is 4.21. The van der Waals surface area contributed by atoms with Gasteiger partial charge in [-0.1, -0.05) is 0 Å². The molecule has 2 rings (SSSR count). The molecular weight excluding hydrogens is 264 g/mol. The molecule has 0 saturated carbocycles. The first-order valence-corrected chi connectivity index (χ1v) is 5.84. The topological polar surface area (TPSA) is 93.8 Å². The lowest BCUT2D eigenvalue weighted by atomic mass is 10.1. The van der Waals surface area contributed by atoms with E-state index in [-0.39, 0.29) is 17.8 Å². The first-order valence-electron chi connectivity index (χ1n) is 5.84. The number of hydrogen-bond acceptors (Lipinski definition) is 5. The average Bonchev–Trinajstić information content (AvgIpc) is 2.24. The fourth-order valence-electron chi connectivity index (χ4n) is 2.01. The molecule has 6 nitrogen and oxygen atoms in total. The Morgan fingerprint density at radius 3 is 2.60 bits per heavy atom. The molecule has 104 valence electrons. The lowest BCUT2D eigenvalue weighted by Gasteiger charge is -2.09. The van der Waals surface area contributed by atoms with Gasteiger partial charge in [-0.2, -0.15) is 0 Å². The molecule has 0 saturated heterocycles. The standard InChI is InChI=1S/C14H12O6/c1-7-3-13(18)20-11-5-9(6-12(16)17)4-10(14(7)11)19-8(2)15/h3-5H,6H2,1-2H3,(H,16,17). The van der Waals surface area contributed by atoms with E-state index in [4.69, 9.17) is 14.3 Å². The summed E-state index contributed by atoms with van der Waals surface area (Å²) in [6.45, 7) is 2.92. The van der Waals surface area contributed by atoms with Crippen LogP contribution in [-0.2, 0) is 16.0 Å². The third kappa shape index (κ3) is 2.85. The van der Waals surface area contributed by atoms with Crippen LogP contribution in [0.15, 0.2) is 27.4 Å². The van der Waals surface area contributed by atoms with E-state index in [1.54, 1.807) is 6.92 Å². The number of esters is 1. The van der Waals surface area contributed by atoms with Gasteiger partial charge in [-0.05, 0) is 30.2 Å². The molecule has 0 aliphatic heterocycles. The number of hydrogen-bond donors (Lipinski definition) is 1. The van der Waals surface area contributed by atoms with Crippen LogP contribution < -0.4 is 10.4 Å². The van der Waals surface area contributed by atoms with Crippen molar-refractivity contribution in [2.24, 2.45) is 0 Å². The summed E-state index contributed by atoms with van der Waals surface area (Å²) in [7, 11) is 0. The second kappa shape index (κ2) is 5.16. The van der Waals surface area contributed by atoms with E-state index in [2.05, 4.69) is 0 Å². The summed E-state index contributed by atoms with van der Waals surface area (Å²) in [5.41, 5.74) is 0.630. The maximum atomic E-state index is 11.4. The van der Waals surface area contributed by atoms with Crippen molar-refractivity contribution in [1.29, 1.82) is 0 Å². The highest BCUT2D eigenvalue weighted by Gasteiger charge is 2.14. The van der Waals surface area contributed by atoms with Gasteiger partial charge in [0, 0.05) is 13.0 Å². The van der Waals surface area contributed by atoms with Crippen LogP contribution in [0, 0.1) is 6.92 Å². The maximum Gasteiger partial charge on any atom is 0.336 e. The molecule has 1 aromatic carbocycles. The van der Waals surface area contributed by atoms with Crippen LogP contribution in [0.1, 0.15) is 18.1 Å². The van der Waals surface area contributed by atoms with Crippen molar-refractivity contribution in [3.8, 4) is 5.75 Å². The van der Waals surface area contributed by atoms with Crippen LogP contribution >= 0.6 is 0 Å². The van der Waals surface area contributed by atoms with E-state index in [9.17, 15) is 14.4 Å². The number of ether oxygens (including phenoxy) is 1. The zero-order chi connectivity index (χ0) is 14.9. The van der Waals surface area contributed by atoms with Crippen LogP contribution in [-0.4, -0.2) is 17.0 Å². The number of aryl methyl sites for hydroxylation is 1. The molecule has 0 aliphatic carbocycles. The molecule has 0 atom stereocenters. The minimum absolute atomic E-state index is 0.188. The molecule has 0 amide bonds. The molecule has 0 bridgehead atoms. The highest BCUT2D eigenvalue weighted by molar-refractivity contribution is 5.90. The molecule has 0 radical (unpaired) electrons. The zero-order valence-electron chi connectivity index (χ0n) is 10.9. The normalized spacial score (nSPS) is 10.5. The van der Waals surface area contributed by atoms with Gasteiger partial charge in [-0.3, -0.25) is 9.59 Å². The fourth-order valence-corrected chi connectivity index (χ4v) is 2.01. The quantitative estimate of drug-likeness (QED) is 0.520. The number of carboxylic acid groups (broad SMARTS) is 1. The van der Waals surface area contributed by atoms with Gasteiger partial charge >= 0.3 is 17.6 Å². The minimum atomic E-state index is -1.03. The van der Waals surface area contributed by atoms with Gasteiger partial charge in [0.2, 0.25) is 0 Å². The lowest BCUT2D eigenvalue weighted by molar-refractivity contribution is -0.136. The molecule has 1 N–H and O–H groups in total. The number of carboxylic acids is 1. The monoisotopic (exact) mass is 276 g/mol. The molecular formula is C14H12O6. The van der Waals surface area contributed by atoms with Gasteiger partial charge in [-0.25, -0.2) is 4.79 Å². The van der Waals surface area contributed by atoms with E-state index in [0.717, 1.165) is 0 Å². The smallest absolute Gasteiger partial charge is 0.336 e. The van der Waals surface area contributed by atoms with E-state index >= 15 is 0 Å². The Bertz CT molecular complexity index is 756. The Kier molecular flexibility index (Phi) is 3.56. The van der Waals surface area contributed by atoms with Crippen molar-refractivity contribution in [2.75, 3.05) is 0 Å². The third-order valence-electron chi connectivity index (χ3n) is 2.67. The highest BCUT2D eigenvalue weighted by Crippen LogP contribution is 2.30. The summed E-state index contributed by atoms with van der Waals surface area (Å²) in [6.07, 6.45) is -0.262. The van der Waals surface area contributed by atoms with E-state index in [0.29, 0.717) is 16.5 Å². The second-order valence-electron chi connectivity index (χ2n) is 4.38. The molecule has 1 heterocycles. The Balaban J connectivity index is 2.73. The maximum absolute atomic E-state index is 11.4. The van der Waals surface area contributed by atoms with Crippen molar-refractivity contribution in [2.45, 2.75) is 20.3 Å². The minimum Gasteiger partial charge on any atom is -0.481 e. The van der Waals surface area contributed by atoms with E-state index in [1.165, 1.54) is 25.1 Å². The van der Waals surface area contributed by atoms with Crippen LogP contribution in [0.5, 0.6) is 5.75 Å².